The third-order valence-corrected chi connectivity index (χ3v) is 5.91. The second kappa shape index (κ2) is 15.5. The average molecular weight is 642 g/mol. The number of carbonyl (C=O) groups excluding carboxylic acids is 2. The van der Waals surface area contributed by atoms with Gasteiger partial charge in [0.2, 0.25) is 5.89 Å². The van der Waals surface area contributed by atoms with Crippen molar-refractivity contribution in [3.8, 4) is 29.5 Å². The van der Waals surface area contributed by atoms with Gasteiger partial charge in [-0.05, 0) is 37.3 Å². The van der Waals surface area contributed by atoms with Crippen molar-refractivity contribution in [3.63, 3.8) is 0 Å². The summed E-state index contributed by atoms with van der Waals surface area (Å²) >= 11 is 12.2. The Hall–Kier alpha value is -4.92. The van der Waals surface area contributed by atoms with E-state index in [1.165, 1.54) is 18.2 Å². The smallest absolute Gasteiger partial charge is 0.442 e. The number of carbonyl (C=O) groups is 2. The van der Waals surface area contributed by atoms with E-state index in [1.54, 1.807) is 49.4 Å². The van der Waals surface area contributed by atoms with Crippen LogP contribution in [0.3, 0.4) is 0 Å². The van der Waals surface area contributed by atoms with Crippen LogP contribution in [-0.2, 0) is 10.2 Å². The lowest BCUT2D eigenvalue weighted by atomic mass is 9.97. The molecule has 0 aliphatic carbocycles. The number of hydrogen-bond donors (Lipinski definition) is 2. The lowest BCUT2D eigenvalue weighted by Crippen LogP contribution is -2.17. The number of anilines is 2. The van der Waals surface area contributed by atoms with Crippen LogP contribution in [0.1, 0.15) is 33.6 Å². The number of hydrogen-bond acceptors (Lipinski definition) is 8. The van der Waals surface area contributed by atoms with E-state index in [2.05, 4.69) is 21.7 Å². The Bertz CT molecular complexity index is 1690. The van der Waals surface area contributed by atoms with Crippen LogP contribution < -0.4 is 25.9 Å². The third kappa shape index (κ3) is 9.83. The lowest BCUT2D eigenvalue weighted by Gasteiger charge is -2.11. The molecular formula is C31H30Cl2N4O7. The molecule has 2 N–H and O–H groups in total. The summed E-state index contributed by atoms with van der Waals surface area (Å²) in [5.41, 5.74) is 1.01. The highest BCUT2D eigenvalue weighted by Crippen LogP contribution is 2.33. The molecule has 1 aromatic heterocycles. The lowest BCUT2D eigenvalue weighted by molar-refractivity contribution is 0.168. The molecule has 1 heterocycles. The van der Waals surface area contributed by atoms with Crippen molar-refractivity contribution < 1.29 is 28.2 Å². The van der Waals surface area contributed by atoms with E-state index >= 15 is 0 Å². The number of halogens is 2. The first kappa shape index (κ1) is 33.6. The molecule has 44 heavy (non-hydrogen) atoms. The maximum absolute atomic E-state index is 12.0. The van der Waals surface area contributed by atoms with Crippen LogP contribution in [0.15, 0.2) is 75.9 Å². The first-order valence-corrected chi connectivity index (χ1v) is 13.9. The summed E-state index contributed by atoms with van der Waals surface area (Å²) in [5, 5.41) is 9.84. The zero-order valence-electron chi connectivity index (χ0n) is 24.4. The molecule has 11 nitrogen and oxygen atoms in total. The van der Waals surface area contributed by atoms with Crippen molar-refractivity contribution in [2.75, 3.05) is 23.8 Å². The van der Waals surface area contributed by atoms with Crippen LogP contribution in [0.2, 0.25) is 10.0 Å². The third-order valence-electron chi connectivity index (χ3n) is 5.32. The molecule has 4 aromatic rings. The zero-order chi connectivity index (χ0) is 32.3. The van der Waals surface area contributed by atoms with E-state index in [9.17, 15) is 14.4 Å². The molecule has 2 amide bonds. The van der Waals surface area contributed by atoms with E-state index in [1.807, 2.05) is 26.8 Å². The van der Waals surface area contributed by atoms with Gasteiger partial charge in [0, 0.05) is 28.9 Å². The summed E-state index contributed by atoms with van der Waals surface area (Å²) in [5.74, 6) is 2.61. The largest absolute Gasteiger partial charge is 0.479 e. The van der Waals surface area contributed by atoms with Gasteiger partial charge in [0.05, 0.1) is 22.3 Å². The number of para-hydroxylation sites is 1. The van der Waals surface area contributed by atoms with Crippen molar-refractivity contribution in [1.29, 1.82) is 0 Å². The second-order valence-corrected chi connectivity index (χ2v) is 10.6. The number of ether oxygens (including phenoxy) is 3. The van der Waals surface area contributed by atoms with Crippen molar-refractivity contribution in [2.24, 2.45) is 0 Å². The summed E-state index contributed by atoms with van der Waals surface area (Å²) in [4.78, 5) is 35.1. The van der Waals surface area contributed by atoms with Gasteiger partial charge in [-0.3, -0.25) is 10.6 Å². The van der Waals surface area contributed by atoms with Gasteiger partial charge >= 0.3 is 17.9 Å². The van der Waals surface area contributed by atoms with Gasteiger partial charge in [0.15, 0.2) is 0 Å². The van der Waals surface area contributed by atoms with Crippen molar-refractivity contribution in [1.82, 2.24) is 9.78 Å². The molecule has 13 heteroatoms. The molecule has 0 radical (unpaired) electrons. The highest BCUT2D eigenvalue weighted by Gasteiger charge is 2.24. The van der Waals surface area contributed by atoms with Crippen LogP contribution in [0, 0.1) is 12.3 Å². The second-order valence-electron chi connectivity index (χ2n) is 9.82. The maximum atomic E-state index is 12.0. The number of amides is 2. The minimum absolute atomic E-state index is 0.0434. The van der Waals surface area contributed by atoms with E-state index in [0.29, 0.717) is 34.5 Å². The van der Waals surface area contributed by atoms with Crippen molar-refractivity contribution in [2.45, 2.75) is 33.1 Å². The Labute approximate surface area is 264 Å². The predicted molar refractivity (Wildman–Crippen MR) is 168 cm³/mol. The quantitative estimate of drug-likeness (QED) is 0.201. The molecule has 0 fully saturated rings. The molecule has 0 aliphatic heterocycles. The van der Waals surface area contributed by atoms with Crippen LogP contribution >= 0.6 is 23.2 Å². The van der Waals surface area contributed by atoms with Crippen molar-refractivity contribution >= 4 is 46.8 Å². The molecule has 3 aromatic carbocycles. The number of terminal acetylenes is 1. The van der Waals surface area contributed by atoms with Gasteiger partial charge in [-0.25, -0.2) is 14.4 Å². The van der Waals surface area contributed by atoms with Crippen LogP contribution in [0.5, 0.6) is 11.5 Å². The number of aromatic nitrogens is 2. The Morgan fingerprint density at radius 1 is 0.977 bits per heavy atom. The molecule has 0 spiro atoms. The molecule has 0 atom stereocenters. The van der Waals surface area contributed by atoms with Crippen LogP contribution in [0.4, 0.5) is 21.0 Å². The maximum Gasteiger partial charge on any atom is 0.442 e. The summed E-state index contributed by atoms with van der Waals surface area (Å²) < 4.78 is 21.5. The fraction of sp³-hybridized carbons (Fsp3) is 0.226. The van der Waals surface area contributed by atoms with E-state index in [4.69, 9.17) is 48.3 Å². The van der Waals surface area contributed by atoms with Crippen molar-refractivity contribution in [3.05, 3.63) is 93.2 Å². The molecule has 230 valence electrons. The standard InChI is InChI=1S/C16H16N2O4.C15H14Cl2N2O3/c1-2-21-15(19)18-13-9-6-10-14(11-13)22-16(20)17-12-7-4-3-5-8-12;1-5-6-21-12-8-11(9(16)7-10(12)17)19-14(20)22-13(18-19)15(2,3)4/h3-11H,2H2,1H3,(H,17,20)(H,18,19);1,7-8H,6H2,2-4H3. The molecule has 4 rings (SSSR count). The molecular weight excluding hydrogens is 611 g/mol. The topological polar surface area (TPSA) is 134 Å². The number of benzene rings is 3. The summed E-state index contributed by atoms with van der Waals surface area (Å²) in [6.07, 6.45) is 3.98. The van der Waals surface area contributed by atoms with E-state index in [0.717, 1.165) is 4.68 Å². The fourth-order valence-corrected chi connectivity index (χ4v) is 3.86. The number of rotatable bonds is 7. The minimum atomic E-state index is -0.642. The Balaban J connectivity index is 0.000000240. The van der Waals surface area contributed by atoms with E-state index < -0.39 is 23.4 Å². The molecule has 0 bridgehead atoms. The monoisotopic (exact) mass is 640 g/mol. The van der Waals surface area contributed by atoms with E-state index in [-0.39, 0.29) is 23.3 Å². The Kier molecular flexibility index (Phi) is 11.8. The Morgan fingerprint density at radius 2 is 1.66 bits per heavy atom. The van der Waals surface area contributed by atoms with Gasteiger partial charge in [-0.15, -0.1) is 11.5 Å². The zero-order valence-corrected chi connectivity index (χ0v) is 25.9. The van der Waals surface area contributed by atoms with Gasteiger partial charge < -0.3 is 18.6 Å². The molecule has 0 saturated heterocycles. The highest BCUT2D eigenvalue weighted by molar-refractivity contribution is 6.36. The minimum Gasteiger partial charge on any atom is -0.479 e. The normalized spacial score (nSPS) is 10.5. The average Bonchev–Trinajstić information content (AvgIpc) is 3.35. The summed E-state index contributed by atoms with van der Waals surface area (Å²) in [6, 6.07) is 18.4. The van der Waals surface area contributed by atoms with Crippen LogP contribution in [0.25, 0.3) is 5.69 Å². The first-order valence-electron chi connectivity index (χ1n) is 13.1. The van der Waals surface area contributed by atoms with Gasteiger partial charge in [0.25, 0.3) is 0 Å². The number of nitrogens with one attached hydrogen (secondary N) is 2. The fourth-order valence-electron chi connectivity index (χ4n) is 3.34. The Morgan fingerprint density at radius 3 is 2.30 bits per heavy atom. The van der Waals surface area contributed by atoms with Gasteiger partial charge in [0.1, 0.15) is 18.1 Å². The SMILES string of the molecule is C#CCOc1cc(-n2nc(C(C)(C)C)oc2=O)c(Cl)cc1Cl.CCOC(=O)Nc1cccc(OC(=O)Nc2ccccc2)c1. The van der Waals surface area contributed by atoms with Gasteiger partial charge in [-0.1, -0.05) is 74.2 Å². The first-order chi connectivity index (χ1) is 20.9. The number of nitrogens with zero attached hydrogens (tertiary/aromatic N) is 2. The molecule has 0 saturated carbocycles. The predicted octanol–water partition coefficient (Wildman–Crippen LogP) is 7.31. The molecule has 0 aliphatic rings. The summed E-state index contributed by atoms with van der Waals surface area (Å²) in [6.45, 7) is 7.69. The summed E-state index contributed by atoms with van der Waals surface area (Å²) in [7, 11) is 0. The molecule has 0 unspecified atom stereocenters. The van der Waals surface area contributed by atoms with Gasteiger partial charge in [-0.2, -0.15) is 4.68 Å². The van der Waals surface area contributed by atoms with Crippen LogP contribution in [-0.4, -0.2) is 35.2 Å². The highest BCUT2D eigenvalue weighted by atomic mass is 35.5.